The highest BCUT2D eigenvalue weighted by molar-refractivity contribution is 7.12. The molecular weight excluding hydrogens is 256 g/mol. The molecule has 96 valence electrons. The predicted octanol–water partition coefficient (Wildman–Crippen LogP) is 3.76. The first kappa shape index (κ1) is 12.1. The fourth-order valence-electron chi connectivity index (χ4n) is 1.99. The minimum absolute atomic E-state index is 0.186. The Labute approximate surface area is 115 Å². The van der Waals surface area contributed by atoms with Crippen molar-refractivity contribution in [2.75, 3.05) is 0 Å². The van der Waals surface area contributed by atoms with Gasteiger partial charge < -0.3 is 10.2 Å². The van der Waals surface area contributed by atoms with E-state index in [1.807, 2.05) is 49.4 Å². The van der Waals surface area contributed by atoms with Gasteiger partial charge in [0.25, 0.3) is 0 Å². The normalized spacial score (nSPS) is 12.5. The molecule has 0 aliphatic heterocycles. The van der Waals surface area contributed by atoms with Crippen LogP contribution in [0.15, 0.2) is 53.1 Å². The number of rotatable bonds is 3. The van der Waals surface area contributed by atoms with Crippen LogP contribution in [0.1, 0.15) is 21.5 Å². The fourth-order valence-corrected chi connectivity index (χ4v) is 2.95. The quantitative estimate of drug-likeness (QED) is 0.788. The predicted molar refractivity (Wildman–Crippen MR) is 77.0 cm³/mol. The summed E-state index contributed by atoms with van der Waals surface area (Å²) in [5.74, 6) is 0.792. The molecule has 0 radical (unpaired) electrons. The summed E-state index contributed by atoms with van der Waals surface area (Å²) in [6.45, 7) is 2.04. The maximum atomic E-state index is 6.27. The third kappa shape index (κ3) is 2.32. The van der Waals surface area contributed by atoms with Crippen molar-refractivity contribution >= 4 is 11.3 Å². The molecule has 1 unspecified atom stereocenters. The summed E-state index contributed by atoms with van der Waals surface area (Å²) in [7, 11) is 0. The Hall–Kier alpha value is -1.91. The first-order valence-corrected chi connectivity index (χ1v) is 6.89. The van der Waals surface area contributed by atoms with Gasteiger partial charge in [0.1, 0.15) is 10.7 Å². The number of furan rings is 1. The van der Waals surface area contributed by atoms with Gasteiger partial charge in [-0.05, 0) is 24.6 Å². The van der Waals surface area contributed by atoms with Crippen LogP contribution in [0.25, 0.3) is 11.5 Å². The summed E-state index contributed by atoms with van der Waals surface area (Å²) in [4.78, 5) is 5.75. The van der Waals surface area contributed by atoms with Crippen LogP contribution >= 0.6 is 11.3 Å². The number of hydrogen-bond donors (Lipinski definition) is 1. The van der Waals surface area contributed by atoms with E-state index >= 15 is 0 Å². The number of hydrogen-bond acceptors (Lipinski definition) is 4. The molecule has 1 aromatic carbocycles. The van der Waals surface area contributed by atoms with Crippen LogP contribution in [0.5, 0.6) is 0 Å². The van der Waals surface area contributed by atoms with Crippen molar-refractivity contribution in [3.05, 3.63) is 64.2 Å². The summed E-state index contributed by atoms with van der Waals surface area (Å²) >= 11 is 1.62. The van der Waals surface area contributed by atoms with Crippen molar-refractivity contribution in [2.45, 2.75) is 13.0 Å². The van der Waals surface area contributed by atoms with Gasteiger partial charge in [-0.3, -0.25) is 0 Å². The number of thiazole rings is 1. The number of nitrogens with zero attached hydrogens (tertiary/aromatic N) is 1. The van der Waals surface area contributed by atoms with Gasteiger partial charge in [0.05, 0.1) is 12.3 Å². The number of aryl methyl sites for hydroxylation is 1. The lowest BCUT2D eigenvalue weighted by molar-refractivity contribution is 0.579. The Balaban J connectivity index is 1.97. The fraction of sp³-hybridized carbons (Fsp3) is 0.133. The lowest BCUT2D eigenvalue weighted by atomic mass is 10.1. The van der Waals surface area contributed by atoms with Crippen LogP contribution in [0.2, 0.25) is 0 Å². The molecule has 0 spiro atoms. The van der Waals surface area contributed by atoms with E-state index in [0.717, 1.165) is 26.9 Å². The highest BCUT2D eigenvalue weighted by Crippen LogP contribution is 2.32. The lowest BCUT2D eigenvalue weighted by Crippen LogP contribution is -2.11. The van der Waals surface area contributed by atoms with Crippen LogP contribution < -0.4 is 5.73 Å². The van der Waals surface area contributed by atoms with Crippen molar-refractivity contribution in [3.8, 4) is 11.5 Å². The number of benzene rings is 1. The summed E-state index contributed by atoms with van der Waals surface area (Å²) in [6.07, 6.45) is 1.66. The third-order valence-corrected chi connectivity index (χ3v) is 4.05. The maximum Gasteiger partial charge on any atom is 0.153 e. The molecule has 3 nitrogen and oxygen atoms in total. The van der Waals surface area contributed by atoms with Crippen molar-refractivity contribution in [1.82, 2.24) is 4.98 Å². The van der Waals surface area contributed by atoms with Crippen LogP contribution in [-0.4, -0.2) is 4.98 Å². The molecule has 4 heteroatoms. The van der Waals surface area contributed by atoms with E-state index < -0.39 is 0 Å². The molecule has 0 amide bonds. The molecule has 2 aromatic heterocycles. The molecule has 0 aliphatic rings. The van der Waals surface area contributed by atoms with Gasteiger partial charge in [-0.15, -0.1) is 11.3 Å². The van der Waals surface area contributed by atoms with E-state index in [1.165, 1.54) is 0 Å². The minimum Gasteiger partial charge on any atom is -0.463 e. The van der Waals surface area contributed by atoms with Gasteiger partial charge in [-0.2, -0.15) is 0 Å². The molecule has 0 aliphatic carbocycles. The minimum atomic E-state index is -0.186. The monoisotopic (exact) mass is 270 g/mol. The smallest absolute Gasteiger partial charge is 0.153 e. The van der Waals surface area contributed by atoms with Gasteiger partial charge >= 0.3 is 0 Å². The topological polar surface area (TPSA) is 52.0 Å². The molecule has 0 saturated carbocycles. The molecule has 0 bridgehead atoms. The molecule has 0 fully saturated rings. The van der Waals surface area contributed by atoms with Crippen LogP contribution in [-0.2, 0) is 0 Å². The zero-order chi connectivity index (χ0) is 13.2. The van der Waals surface area contributed by atoms with Gasteiger partial charge in [0, 0.05) is 4.88 Å². The summed E-state index contributed by atoms with van der Waals surface area (Å²) in [5, 5.41) is 0.912. The van der Waals surface area contributed by atoms with Crippen molar-refractivity contribution in [2.24, 2.45) is 5.73 Å². The summed E-state index contributed by atoms with van der Waals surface area (Å²) in [6, 6.07) is 13.6. The third-order valence-electron chi connectivity index (χ3n) is 2.99. The Kier molecular flexibility index (Phi) is 3.19. The number of aromatic nitrogens is 1. The molecule has 2 heterocycles. The Morgan fingerprint density at radius 1 is 1.16 bits per heavy atom. The first-order chi connectivity index (χ1) is 9.25. The van der Waals surface area contributed by atoms with Crippen molar-refractivity contribution < 1.29 is 4.42 Å². The second-order valence-corrected chi connectivity index (χ2v) is 5.56. The maximum absolute atomic E-state index is 6.27. The van der Waals surface area contributed by atoms with Crippen molar-refractivity contribution in [1.29, 1.82) is 0 Å². The molecule has 2 N–H and O–H groups in total. The Morgan fingerprint density at radius 3 is 2.63 bits per heavy atom. The molecular formula is C15H14N2OS. The van der Waals surface area contributed by atoms with Crippen molar-refractivity contribution in [3.63, 3.8) is 0 Å². The van der Waals surface area contributed by atoms with E-state index in [4.69, 9.17) is 10.2 Å². The number of nitrogens with two attached hydrogens (primary N) is 1. The summed E-state index contributed by atoms with van der Waals surface area (Å²) in [5.41, 5.74) is 8.23. The zero-order valence-electron chi connectivity index (χ0n) is 10.5. The summed E-state index contributed by atoms with van der Waals surface area (Å²) < 4.78 is 5.40. The molecule has 3 aromatic rings. The molecule has 19 heavy (non-hydrogen) atoms. The van der Waals surface area contributed by atoms with Crippen LogP contribution in [0.4, 0.5) is 0 Å². The SMILES string of the molecule is Cc1sc(C(N)c2ccccc2)nc1-c1ccco1. The highest BCUT2D eigenvalue weighted by Gasteiger charge is 2.17. The van der Waals surface area contributed by atoms with Gasteiger partial charge in [0.2, 0.25) is 0 Å². The second-order valence-electron chi connectivity index (χ2n) is 4.32. The average molecular weight is 270 g/mol. The van der Waals surface area contributed by atoms with Crippen LogP contribution in [0.3, 0.4) is 0 Å². The van der Waals surface area contributed by atoms with Gasteiger partial charge in [0.15, 0.2) is 5.76 Å². The zero-order valence-corrected chi connectivity index (χ0v) is 11.4. The largest absolute Gasteiger partial charge is 0.463 e. The van der Waals surface area contributed by atoms with Gasteiger partial charge in [-0.1, -0.05) is 30.3 Å². The standard InChI is InChI=1S/C15H14N2OS/c1-10-14(12-8-5-9-18-12)17-15(19-10)13(16)11-6-3-2-4-7-11/h2-9,13H,16H2,1H3. The Morgan fingerprint density at radius 2 is 1.95 bits per heavy atom. The average Bonchev–Trinajstić information content (AvgIpc) is 3.08. The highest BCUT2D eigenvalue weighted by atomic mass is 32.1. The van der Waals surface area contributed by atoms with E-state index in [9.17, 15) is 0 Å². The first-order valence-electron chi connectivity index (χ1n) is 6.07. The molecule has 1 atom stereocenters. The van der Waals surface area contributed by atoms with E-state index in [-0.39, 0.29) is 6.04 Å². The van der Waals surface area contributed by atoms with E-state index in [2.05, 4.69) is 4.98 Å². The van der Waals surface area contributed by atoms with Gasteiger partial charge in [-0.25, -0.2) is 4.98 Å². The Bertz CT molecular complexity index is 659. The lowest BCUT2D eigenvalue weighted by Gasteiger charge is -2.07. The van der Waals surface area contributed by atoms with Crippen LogP contribution in [0, 0.1) is 6.92 Å². The molecule has 3 rings (SSSR count). The van der Waals surface area contributed by atoms with E-state index in [1.54, 1.807) is 17.6 Å². The molecule has 0 saturated heterocycles. The van der Waals surface area contributed by atoms with E-state index in [0.29, 0.717) is 0 Å². The second kappa shape index (κ2) is 4.99.